The fourth-order valence-corrected chi connectivity index (χ4v) is 3.20. The molecule has 0 aliphatic carbocycles. The Morgan fingerprint density at radius 1 is 1.24 bits per heavy atom. The van der Waals surface area contributed by atoms with Crippen molar-refractivity contribution in [2.24, 2.45) is 0 Å². The molecular formula is C18H16Cl2FNO3. The van der Waals surface area contributed by atoms with Crippen LogP contribution in [-0.4, -0.2) is 35.2 Å². The summed E-state index contributed by atoms with van der Waals surface area (Å²) >= 11 is 11.8. The van der Waals surface area contributed by atoms with Gasteiger partial charge in [0.1, 0.15) is 11.6 Å². The maximum atomic E-state index is 13.5. The molecule has 3 rings (SSSR count). The number of amides is 1. The minimum absolute atomic E-state index is 0.185. The average molecular weight is 384 g/mol. The summed E-state index contributed by atoms with van der Waals surface area (Å²) in [6.45, 7) is -0.0265. The molecule has 0 spiro atoms. The van der Waals surface area contributed by atoms with Crippen molar-refractivity contribution in [3.63, 3.8) is 0 Å². The van der Waals surface area contributed by atoms with Crippen molar-refractivity contribution in [2.45, 2.75) is 18.6 Å². The molecule has 0 radical (unpaired) electrons. The number of halogens is 3. The molecule has 1 fully saturated rings. The van der Waals surface area contributed by atoms with Crippen molar-refractivity contribution in [1.29, 1.82) is 0 Å². The van der Waals surface area contributed by atoms with Gasteiger partial charge in [0.25, 0.3) is 5.91 Å². The van der Waals surface area contributed by atoms with E-state index in [0.717, 1.165) is 0 Å². The van der Waals surface area contributed by atoms with Gasteiger partial charge in [-0.15, -0.1) is 0 Å². The van der Waals surface area contributed by atoms with Gasteiger partial charge in [0.05, 0.1) is 22.2 Å². The summed E-state index contributed by atoms with van der Waals surface area (Å²) in [7, 11) is 0. The highest BCUT2D eigenvalue weighted by atomic mass is 35.5. The molecule has 0 bridgehead atoms. The highest BCUT2D eigenvalue weighted by molar-refractivity contribution is 6.42. The highest BCUT2D eigenvalue weighted by Crippen LogP contribution is 2.33. The quantitative estimate of drug-likeness (QED) is 0.872. The number of β-amino-alcohol motifs (C(OH)–C–C–N with tert-alkyl or cyclic N) is 1. The van der Waals surface area contributed by atoms with Crippen LogP contribution in [0.1, 0.15) is 18.0 Å². The van der Waals surface area contributed by atoms with E-state index in [2.05, 4.69) is 0 Å². The predicted molar refractivity (Wildman–Crippen MR) is 93.4 cm³/mol. The van der Waals surface area contributed by atoms with Crippen molar-refractivity contribution in [3.05, 3.63) is 63.9 Å². The zero-order chi connectivity index (χ0) is 18.0. The van der Waals surface area contributed by atoms with Crippen molar-refractivity contribution >= 4 is 29.1 Å². The highest BCUT2D eigenvalue weighted by Gasteiger charge is 2.35. The van der Waals surface area contributed by atoms with Crippen LogP contribution in [0.15, 0.2) is 42.5 Å². The van der Waals surface area contributed by atoms with Gasteiger partial charge in [-0.25, -0.2) is 4.39 Å². The number of ether oxygens (including phenoxy) is 1. The van der Waals surface area contributed by atoms with Crippen LogP contribution in [0.2, 0.25) is 10.0 Å². The van der Waals surface area contributed by atoms with Gasteiger partial charge in [-0.2, -0.15) is 0 Å². The van der Waals surface area contributed by atoms with Crippen LogP contribution in [0, 0.1) is 5.82 Å². The Labute approximate surface area is 154 Å². The second-order valence-electron chi connectivity index (χ2n) is 5.87. The van der Waals surface area contributed by atoms with E-state index >= 15 is 0 Å². The predicted octanol–water partition coefficient (Wildman–Crippen LogP) is 3.85. The van der Waals surface area contributed by atoms with Gasteiger partial charge in [-0.1, -0.05) is 35.3 Å². The molecule has 0 aromatic heterocycles. The number of benzene rings is 2. The molecule has 132 valence electrons. The molecule has 2 atom stereocenters. The maximum Gasteiger partial charge on any atom is 0.261 e. The lowest BCUT2D eigenvalue weighted by atomic mass is 10.0. The lowest BCUT2D eigenvalue weighted by molar-refractivity contribution is -0.134. The Morgan fingerprint density at radius 2 is 2.04 bits per heavy atom. The number of hydrogen-bond donors (Lipinski definition) is 1. The Balaban J connectivity index is 1.70. The first-order valence-corrected chi connectivity index (χ1v) is 8.50. The van der Waals surface area contributed by atoms with Crippen LogP contribution >= 0.6 is 23.2 Å². The van der Waals surface area contributed by atoms with Gasteiger partial charge < -0.3 is 14.7 Å². The van der Waals surface area contributed by atoms with E-state index in [1.54, 1.807) is 24.3 Å². The third-order valence-corrected chi connectivity index (χ3v) is 4.83. The number of nitrogens with zero attached hydrogens (tertiary/aromatic N) is 1. The summed E-state index contributed by atoms with van der Waals surface area (Å²) in [5.74, 6) is -0.250. The molecule has 2 aromatic rings. The van der Waals surface area contributed by atoms with Crippen LogP contribution in [0.5, 0.6) is 5.75 Å². The van der Waals surface area contributed by atoms with Crippen LogP contribution < -0.4 is 4.74 Å². The molecular weight excluding hydrogens is 368 g/mol. The fraction of sp³-hybridized carbons (Fsp3) is 0.278. The molecule has 0 saturated carbocycles. The molecule has 4 nitrogen and oxygen atoms in total. The van der Waals surface area contributed by atoms with Gasteiger partial charge in [-0.05, 0) is 36.2 Å². The molecule has 1 aliphatic heterocycles. The zero-order valence-electron chi connectivity index (χ0n) is 13.2. The molecule has 1 amide bonds. The fourth-order valence-electron chi connectivity index (χ4n) is 2.91. The third kappa shape index (κ3) is 4.24. The van der Waals surface area contributed by atoms with Crippen LogP contribution in [0.4, 0.5) is 4.39 Å². The molecule has 1 N–H and O–H groups in total. The van der Waals surface area contributed by atoms with E-state index in [1.165, 1.54) is 23.1 Å². The second-order valence-corrected chi connectivity index (χ2v) is 6.69. The summed E-state index contributed by atoms with van der Waals surface area (Å²) in [4.78, 5) is 14.0. The van der Waals surface area contributed by atoms with Crippen molar-refractivity contribution in [2.75, 3.05) is 13.2 Å². The standard InChI is InChI=1S/C18H16Cl2FNO3/c19-15-5-4-14(8-16(15)20)25-10-18(24)22-9-13(23)7-17(22)11-2-1-3-12(21)6-11/h1-6,8,13,17,23H,7,9-10H2. The third-order valence-electron chi connectivity index (χ3n) is 4.09. The van der Waals surface area contributed by atoms with Gasteiger partial charge in [0.2, 0.25) is 0 Å². The van der Waals surface area contributed by atoms with Crippen LogP contribution in [-0.2, 0) is 4.79 Å². The largest absolute Gasteiger partial charge is 0.484 e. The van der Waals surface area contributed by atoms with Crippen molar-refractivity contribution in [3.8, 4) is 5.75 Å². The summed E-state index contributed by atoms with van der Waals surface area (Å²) < 4.78 is 18.9. The number of aliphatic hydroxyl groups excluding tert-OH is 1. The maximum absolute atomic E-state index is 13.5. The van der Waals surface area contributed by atoms with E-state index in [9.17, 15) is 14.3 Å². The van der Waals surface area contributed by atoms with E-state index in [1.807, 2.05) is 0 Å². The van der Waals surface area contributed by atoms with Crippen LogP contribution in [0.25, 0.3) is 0 Å². The van der Waals surface area contributed by atoms with Gasteiger partial charge in [-0.3, -0.25) is 4.79 Å². The number of carbonyl (C=O) groups excluding carboxylic acids is 1. The zero-order valence-corrected chi connectivity index (χ0v) is 14.7. The first kappa shape index (κ1) is 18.0. The smallest absolute Gasteiger partial charge is 0.261 e. The molecule has 1 saturated heterocycles. The number of carbonyl (C=O) groups is 1. The minimum atomic E-state index is -0.651. The van der Waals surface area contributed by atoms with Gasteiger partial charge in [0, 0.05) is 12.6 Å². The van der Waals surface area contributed by atoms with Gasteiger partial charge >= 0.3 is 0 Å². The lowest BCUT2D eigenvalue weighted by Gasteiger charge is -2.25. The second kappa shape index (κ2) is 7.60. The number of aliphatic hydroxyl groups is 1. The summed E-state index contributed by atoms with van der Waals surface area (Å²) in [6.07, 6.45) is -0.288. The van der Waals surface area contributed by atoms with Crippen molar-refractivity contribution in [1.82, 2.24) is 4.90 Å². The number of rotatable bonds is 4. The van der Waals surface area contributed by atoms with Crippen molar-refractivity contribution < 1.29 is 19.0 Å². The van der Waals surface area contributed by atoms with E-state index < -0.39 is 6.10 Å². The van der Waals surface area contributed by atoms with E-state index in [4.69, 9.17) is 27.9 Å². The first-order valence-electron chi connectivity index (χ1n) is 7.75. The molecule has 1 aliphatic rings. The number of hydrogen-bond acceptors (Lipinski definition) is 3. The molecule has 25 heavy (non-hydrogen) atoms. The Morgan fingerprint density at radius 3 is 2.76 bits per heavy atom. The molecule has 2 unspecified atom stereocenters. The Hall–Kier alpha value is -1.82. The SMILES string of the molecule is O=C(COc1ccc(Cl)c(Cl)c1)N1CC(O)CC1c1cccc(F)c1. The molecule has 1 heterocycles. The summed E-state index contributed by atoms with van der Waals surface area (Å²) in [5.41, 5.74) is 0.652. The topological polar surface area (TPSA) is 49.8 Å². The average Bonchev–Trinajstić information content (AvgIpc) is 2.98. The number of likely N-dealkylation sites (tertiary alicyclic amines) is 1. The monoisotopic (exact) mass is 383 g/mol. The summed E-state index contributed by atoms with van der Waals surface area (Å²) in [6, 6.07) is 10.4. The minimum Gasteiger partial charge on any atom is -0.484 e. The first-order chi connectivity index (χ1) is 11.9. The van der Waals surface area contributed by atoms with Crippen LogP contribution in [0.3, 0.4) is 0 Å². The molecule has 7 heteroatoms. The lowest BCUT2D eigenvalue weighted by Crippen LogP contribution is -2.35. The Kier molecular flexibility index (Phi) is 5.47. The summed E-state index contributed by atoms with van der Waals surface area (Å²) in [5, 5.41) is 10.7. The van der Waals surface area contributed by atoms with E-state index in [-0.39, 0.29) is 30.9 Å². The van der Waals surface area contributed by atoms with Gasteiger partial charge in [0.15, 0.2) is 6.61 Å². The normalized spacial score (nSPS) is 19.9. The molecule has 2 aromatic carbocycles. The van der Waals surface area contributed by atoms with E-state index in [0.29, 0.717) is 27.8 Å². The Bertz CT molecular complexity index is 787.